The Hall–Kier alpha value is -5.19. The van der Waals surface area contributed by atoms with Gasteiger partial charge in [0.1, 0.15) is 11.6 Å². The van der Waals surface area contributed by atoms with Crippen molar-refractivity contribution in [3.8, 4) is 0 Å². The van der Waals surface area contributed by atoms with E-state index in [2.05, 4.69) is 15.6 Å². The van der Waals surface area contributed by atoms with Crippen molar-refractivity contribution in [2.75, 3.05) is 10.6 Å². The molecule has 3 rings (SSSR count). The number of carbonyl (C=O) groups excluding carboxylic acids is 2. The average molecular weight is 459 g/mol. The van der Waals surface area contributed by atoms with Crippen molar-refractivity contribution in [1.82, 2.24) is 4.98 Å². The second kappa shape index (κ2) is 10.9. The molecule has 1 aromatic heterocycles. The number of nitrogens with zero attached hydrogens (tertiary/aromatic N) is 3. The number of benzene rings is 2. The maximum Gasteiger partial charge on any atom is 0.270 e. The highest BCUT2D eigenvalue weighted by Gasteiger charge is 2.07. The quantitative estimate of drug-likeness (QED) is 0.290. The maximum atomic E-state index is 12.2. The number of aromatic nitrogens is 1. The number of rotatable bonds is 8. The molecule has 34 heavy (non-hydrogen) atoms. The second-order valence-corrected chi connectivity index (χ2v) is 6.76. The summed E-state index contributed by atoms with van der Waals surface area (Å²) in [6, 6.07) is 16.2. The first kappa shape index (κ1) is 23.5. The van der Waals surface area contributed by atoms with Crippen LogP contribution in [-0.2, 0) is 9.59 Å². The van der Waals surface area contributed by atoms with Crippen molar-refractivity contribution in [2.24, 2.45) is 0 Å². The molecule has 0 aliphatic carbocycles. The van der Waals surface area contributed by atoms with E-state index in [1.807, 2.05) is 0 Å². The third-order valence-electron chi connectivity index (χ3n) is 4.27. The van der Waals surface area contributed by atoms with E-state index in [0.29, 0.717) is 11.1 Å². The summed E-state index contributed by atoms with van der Waals surface area (Å²) in [7, 11) is 0. The standard InChI is InChI=1S/C23H17N5O6/c29-22(12-10-16-4-1-6-18(14-16)27(31)32)25-20-8-3-9-21(24-20)26-23(30)13-11-17-5-2-7-19(15-17)28(33)34/h1-15H,(H2,24,25,26,29,30). The smallest absolute Gasteiger partial charge is 0.270 e. The summed E-state index contributed by atoms with van der Waals surface area (Å²) in [6.07, 6.45) is 5.25. The molecule has 0 unspecified atom stereocenters. The topological polar surface area (TPSA) is 157 Å². The van der Waals surface area contributed by atoms with Gasteiger partial charge in [-0.3, -0.25) is 29.8 Å². The number of nitrogens with one attached hydrogen (secondary N) is 2. The van der Waals surface area contributed by atoms with Crippen LogP contribution in [0.25, 0.3) is 12.2 Å². The Balaban J connectivity index is 1.60. The minimum absolute atomic E-state index is 0.0906. The molecule has 2 amide bonds. The Morgan fingerprint density at radius 3 is 1.53 bits per heavy atom. The zero-order chi connectivity index (χ0) is 24.5. The van der Waals surface area contributed by atoms with Gasteiger partial charge in [0.2, 0.25) is 11.8 Å². The van der Waals surface area contributed by atoms with Crippen molar-refractivity contribution >= 4 is 47.0 Å². The van der Waals surface area contributed by atoms with Crippen molar-refractivity contribution in [2.45, 2.75) is 0 Å². The first-order valence-electron chi connectivity index (χ1n) is 9.74. The first-order chi connectivity index (χ1) is 16.3. The molecule has 1 heterocycles. The molecule has 11 heteroatoms. The van der Waals surface area contributed by atoms with E-state index in [0.717, 1.165) is 0 Å². The second-order valence-electron chi connectivity index (χ2n) is 6.76. The molecule has 2 aromatic carbocycles. The fraction of sp³-hybridized carbons (Fsp3) is 0. The van der Waals surface area contributed by atoms with Crippen LogP contribution in [0, 0.1) is 20.2 Å². The molecule has 0 bridgehead atoms. The lowest BCUT2D eigenvalue weighted by Crippen LogP contribution is -2.12. The zero-order valence-corrected chi connectivity index (χ0v) is 17.5. The van der Waals surface area contributed by atoms with Crippen LogP contribution in [0.3, 0.4) is 0 Å². The third kappa shape index (κ3) is 6.92. The summed E-state index contributed by atoms with van der Waals surface area (Å²) in [5.41, 5.74) is 0.780. The van der Waals surface area contributed by atoms with Gasteiger partial charge in [0, 0.05) is 36.4 Å². The summed E-state index contributed by atoms with van der Waals surface area (Å²) in [5.74, 6) is -0.690. The molecule has 0 radical (unpaired) electrons. The van der Waals surface area contributed by atoms with Gasteiger partial charge in [-0.25, -0.2) is 4.98 Å². The Morgan fingerprint density at radius 1 is 0.706 bits per heavy atom. The molecule has 0 aliphatic heterocycles. The van der Waals surface area contributed by atoms with Crippen molar-refractivity contribution in [1.29, 1.82) is 0 Å². The normalized spacial score (nSPS) is 10.8. The molecular formula is C23H17N5O6. The molecule has 0 saturated carbocycles. The Kier molecular flexibility index (Phi) is 7.53. The van der Waals surface area contributed by atoms with E-state index in [4.69, 9.17) is 0 Å². The van der Waals surface area contributed by atoms with Crippen LogP contribution in [0.15, 0.2) is 78.9 Å². The van der Waals surface area contributed by atoms with E-state index in [1.165, 1.54) is 72.8 Å². The molecule has 170 valence electrons. The summed E-state index contributed by atoms with van der Waals surface area (Å²) >= 11 is 0. The zero-order valence-electron chi connectivity index (χ0n) is 17.5. The number of nitro groups is 2. The summed E-state index contributed by atoms with van der Waals surface area (Å²) < 4.78 is 0. The number of anilines is 2. The minimum atomic E-state index is -0.528. The molecule has 2 N–H and O–H groups in total. The van der Waals surface area contributed by atoms with Gasteiger partial charge < -0.3 is 10.6 Å². The summed E-state index contributed by atoms with van der Waals surface area (Å²) in [5, 5.41) is 26.7. The van der Waals surface area contributed by atoms with Crippen LogP contribution in [0.2, 0.25) is 0 Å². The minimum Gasteiger partial charge on any atom is -0.307 e. The van der Waals surface area contributed by atoms with Crippen molar-refractivity contribution in [3.05, 3.63) is 110 Å². The van der Waals surface area contributed by atoms with Gasteiger partial charge in [0.25, 0.3) is 11.4 Å². The fourth-order valence-corrected chi connectivity index (χ4v) is 2.74. The summed E-state index contributed by atoms with van der Waals surface area (Å²) in [6.45, 7) is 0. The van der Waals surface area contributed by atoms with E-state index in [1.54, 1.807) is 18.2 Å². The molecule has 0 aliphatic rings. The summed E-state index contributed by atoms with van der Waals surface area (Å²) in [4.78, 5) is 49.0. The molecule has 0 atom stereocenters. The monoisotopic (exact) mass is 459 g/mol. The van der Waals surface area contributed by atoms with Gasteiger partial charge in [-0.15, -0.1) is 0 Å². The average Bonchev–Trinajstić information content (AvgIpc) is 2.82. The predicted molar refractivity (Wildman–Crippen MR) is 126 cm³/mol. The predicted octanol–water partition coefficient (Wildman–Crippen LogP) is 4.20. The van der Waals surface area contributed by atoms with Gasteiger partial charge >= 0.3 is 0 Å². The van der Waals surface area contributed by atoms with Crippen LogP contribution in [-0.4, -0.2) is 26.6 Å². The lowest BCUT2D eigenvalue weighted by molar-refractivity contribution is -0.385. The van der Waals surface area contributed by atoms with Crippen molar-refractivity contribution in [3.63, 3.8) is 0 Å². The van der Waals surface area contributed by atoms with Gasteiger partial charge in [-0.05, 0) is 35.4 Å². The van der Waals surface area contributed by atoms with Crippen LogP contribution in [0.1, 0.15) is 11.1 Å². The fourth-order valence-electron chi connectivity index (χ4n) is 2.74. The molecule has 3 aromatic rings. The van der Waals surface area contributed by atoms with Crippen molar-refractivity contribution < 1.29 is 19.4 Å². The van der Waals surface area contributed by atoms with Crippen LogP contribution < -0.4 is 10.6 Å². The first-order valence-corrected chi connectivity index (χ1v) is 9.74. The third-order valence-corrected chi connectivity index (χ3v) is 4.27. The maximum absolute atomic E-state index is 12.2. The molecule has 0 spiro atoms. The number of pyridine rings is 1. The van der Waals surface area contributed by atoms with Gasteiger partial charge in [0.05, 0.1) is 9.85 Å². The number of hydrogen-bond acceptors (Lipinski definition) is 7. The number of amides is 2. The van der Waals surface area contributed by atoms with E-state index < -0.39 is 21.7 Å². The number of non-ortho nitro benzene ring substituents is 2. The largest absolute Gasteiger partial charge is 0.307 e. The van der Waals surface area contributed by atoms with Crippen LogP contribution in [0.4, 0.5) is 23.0 Å². The van der Waals surface area contributed by atoms with E-state index in [9.17, 15) is 29.8 Å². The highest BCUT2D eigenvalue weighted by molar-refractivity contribution is 6.03. The highest BCUT2D eigenvalue weighted by Crippen LogP contribution is 2.16. The van der Waals surface area contributed by atoms with Gasteiger partial charge in [0.15, 0.2) is 0 Å². The van der Waals surface area contributed by atoms with Crippen LogP contribution in [0.5, 0.6) is 0 Å². The highest BCUT2D eigenvalue weighted by atomic mass is 16.6. The van der Waals surface area contributed by atoms with E-state index in [-0.39, 0.29) is 23.0 Å². The molecule has 0 saturated heterocycles. The Morgan fingerprint density at radius 2 is 1.12 bits per heavy atom. The van der Waals surface area contributed by atoms with Crippen LogP contribution >= 0.6 is 0 Å². The lowest BCUT2D eigenvalue weighted by Gasteiger charge is -2.05. The molecule has 11 nitrogen and oxygen atoms in total. The Labute approximate surface area is 192 Å². The van der Waals surface area contributed by atoms with Gasteiger partial charge in [-0.2, -0.15) is 0 Å². The number of hydrogen-bond donors (Lipinski definition) is 2. The number of carbonyl (C=O) groups is 2. The molecule has 0 fully saturated rings. The van der Waals surface area contributed by atoms with E-state index >= 15 is 0 Å². The number of nitro benzene ring substituents is 2. The SMILES string of the molecule is O=C(C=Cc1cccc([N+](=O)[O-])c1)Nc1cccc(NC(=O)C=Cc2cccc([N+](=O)[O-])c2)n1. The Bertz CT molecular complexity index is 1220. The molecular weight excluding hydrogens is 442 g/mol. The lowest BCUT2D eigenvalue weighted by atomic mass is 10.2. The van der Waals surface area contributed by atoms with Gasteiger partial charge in [-0.1, -0.05) is 30.3 Å².